The lowest BCUT2D eigenvalue weighted by molar-refractivity contribution is 0.0952. The molecule has 2 rings (SSSR count). The van der Waals surface area contributed by atoms with Gasteiger partial charge in [0, 0.05) is 19.6 Å². The summed E-state index contributed by atoms with van der Waals surface area (Å²) in [6.07, 6.45) is 7.30. The van der Waals surface area contributed by atoms with Crippen molar-refractivity contribution in [2.75, 3.05) is 19.6 Å². The van der Waals surface area contributed by atoms with E-state index in [1.165, 1.54) is 48.2 Å². The molecule has 1 saturated carbocycles. The van der Waals surface area contributed by atoms with Crippen LogP contribution in [-0.4, -0.2) is 38.3 Å². The molecule has 146 valence electrons. The molecular weight excluding hydrogens is 372 g/mol. The van der Waals surface area contributed by atoms with E-state index in [2.05, 4.69) is 5.32 Å². The zero-order valence-electron chi connectivity index (χ0n) is 15.6. The molecule has 0 saturated heterocycles. The minimum absolute atomic E-state index is 0.0988. The van der Waals surface area contributed by atoms with Crippen molar-refractivity contribution >= 4 is 27.5 Å². The second-order valence-corrected chi connectivity index (χ2v) is 9.12. The molecule has 1 aromatic rings. The van der Waals surface area contributed by atoms with Gasteiger partial charge < -0.3 is 5.32 Å². The summed E-state index contributed by atoms with van der Waals surface area (Å²) in [6.45, 7) is 4.91. The number of nitrogens with zero attached hydrogens (tertiary/aromatic N) is 1. The van der Waals surface area contributed by atoms with Gasteiger partial charge in [-0.3, -0.25) is 4.79 Å². The molecule has 0 aromatic heterocycles. The molecule has 1 aliphatic rings. The molecule has 0 unspecified atom stereocenters. The van der Waals surface area contributed by atoms with E-state index in [0.717, 1.165) is 18.8 Å². The van der Waals surface area contributed by atoms with Gasteiger partial charge in [0.25, 0.3) is 5.91 Å². The number of amides is 1. The van der Waals surface area contributed by atoms with Crippen LogP contribution in [0.5, 0.6) is 0 Å². The summed E-state index contributed by atoms with van der Waals surface area (Å²) < 4.78 is 26.6. The van der Waals surface area contributed by atoms with Crippen LogP contribution in [0.1, 0.15) is 62.7 Å². The van der Waals surface area contributed by atoms with Crippen molar-refractivity contribution in [2.24, 2.45) is 5.92 Å². The first-order valence-corrected chi connectivity index (χ1v) is 11.3. The van der Waals surface area contributed by atoms with E-state index >= 15 is 0 Å². The van der Waals surface area contributed by atoms with Gasteiger partial charge in [0.1, 0.15) is 0 Å². The topological polar surface area (TPSA) is 66.5 Å². The summed E-state index contributed by atoms with van der Waals surface area (Å²) >= 11 is 6.14. The lowest BCUT2D eigenvalue weighted by atomic mass is 10.0. The molecule has 26 heavy (non-hydrogen) atoms. The van der Waals surface area contributed by atoms with Crippen LogP contribution in [0.15, 0.2) is 23.1 Å². The third-order valence-electron chi connectivity index (χ3n) is 5.08. The number of carbonyl (C=O) groups excluding carboxylic acids is 1. The molecule has 0 bridgehead atoms. The predicted octanol–water partition coefficient (Wildman–Crippen LogP) is 4.07. The maximum atomic E-state index is 12.6. The number of rotatable bonds is 9. The maximum absolute atomic E-state index is 12.6. The number of sulfonamides is 1. The zero-order valence-corrected chi connectivity index (χ0v) is 17.2. The van der Waals surface area contributed by atoms with Gasteiger partial charge in [-0.2, -0.15) is 4.31 Å². The quantitative estimate of drug-likeness (QED) is 0.635. The van der Waals surface area contributed by atoms with Crippen molar-refractivity contribution in [2.45, 2.75) is 57.3 Å². The Labute approximate surface area is 162 Å². The minimum atomic E-state index is -3.62. The molecular formula is C19H29ClN2O3S. The molecule has 0 atom stereocenters. The highest BCUT2D eigenvalue weighted by Gasteiger charge is 2.24. The summed E-state index contributed by atoms with van der Waals surface area (Å²) in [5.74, 6) is 0.469. The first-order valence-electron chi connectivity index (χ1n) is 9.48. The number of nitrogens with one attached hydrogen (secondary N) is 1. The average molecular weight is 401 g/mol. The average Bonchev–Trinajstić information content (AvgIpc) is 3.13. The molecule has 1 fully saturated rings. The van der Waals surface area contributed by atoms with Gasteiger partial charge in [-0.15, -0.1) is 0 Å². The Morgan fingerprint density at radius 2 is 1.88 bits per heavy atom. The molecule has 0 spiro atoms. The fraction of sp³-hybridized carbons (Fsp3) is 0.632. The van der Waals surface area contributed by atoms with E-state index < -0.39 is 10.0 Å². The highest BCUT2D eigenvalue weighted by molar-refractivity contribution is 7.89. The molecule has 1 aliphatic carbocycles. The normalized spacial score (nSPS) is 15.5. The molecule has 7 heteroatoms. The van der Waals surface area contributed by atoms with Crippen LogP contribution in [0.4, 0.5) is 0 Å². The van der Waals surface area contributed by atoms with E-state index in [4.69, 9.17) is 11.6 Å². The Kier molecular flexibility index (Phi) is 7.92. The summed E-state index contributed by atoms with van der Waals surface area (Å²) in [6, 6.07) is 4.31. The monoisotopic (exact) mass is 400 g/mol. The van der Waals surface area contributed by atoms with E-state index in [-0.39, 0.29) is 21.4 Å². The Morgan fingerprint density at radius 3 is 2.50 bits per heavy atom. The molecule has 1 N–H and O–H groups in total. The largest absolute Gasteiger partial charge is 0.352 e. The summed E-state index contributed by atoms with van der Waals surface area (Å²) in [5.41, 5.74) is 0.209. The van der Waals surface area contributed by atoms with Crippen molar-refractivity contribution in [1.82, 2.24) is 9.62 Å². The Balaban J connectivity index is 2.02. The van der Waals surface area contributed by atoms with Crippen LogP contribution in [-0.2, 0) is 10.0 Å². The van der Waals surface area contributed by atoms with Crippen molar-refractivity contribution < 1.29 is 13.2 Å². The number of hydrogen-bond acceptors (Lipinski definition) is 3. The molecule has 0 radical (unpaired) electrons. The van der Waals surface area contributed by atoms with E-state index in [0.29, 0.717) is 19.6 Å². The maximum Gasteiger partial charge on any atom is 0.252 e. The van der Waals surface area contributed by atoms with Crippen LogP contribution in [0.25, 0.3) is 0 Å². The standard InChI is InChI=1S/C19H29ClN2O3S/c1-3-22(4-2)26(24,25)16-11-12-18(20)17(14-16)19(23)21-13-7-10-15-8-5-6-9-15/h11-12,14-15H,3-10,13H2,1-2H3,(H,21,23). The molecule has 0 heterocycles. The van der Waals surface area contributed by atoms with Crippen molar-refractivity contribution in [1.29, 1.82) is 0 Å². The summed E-state index contributed by atoms with van der Waals surface area (Å²) in [5, 5.41) is 3.13. The summed E-state index contributed by atoms with van der Waals surface area (Å²) in [7, 11) is -3.62. The van der Waals surface area contributed by atoms with E-state index in [1.807, 2.05) is 0 Å². The fourth-order valence-electron chi connectivity index (χ4n) is 3.54. The Hall–Kier alpha value is -1.11. The van der Waals surface area contributed by atoms with E-state index in [1.54, 1.807) is 13.8 Å². The van der Waals surface area contributed by atoms with E-state index in [9.17, 15) is 13.2 Å². The molecule has 5 nitrogen and oxygen atoms in total. The number of benzene rings is 1. The van der Waals surface area contributed by atoms with Gasteiger partial charge >= 0.3 is 0 Å². The molecule has 1 aromatic carbocycles. The van der Waals surface area contributed by atoms with Gasteiger partial charge in [-0.25, -0.2) is 8.42 Å². The second-order valence-electron chi connectivity index (χ2n) is 6.78. The second kappa shape index (κ2) is 9.72. The molecule has 1 amide bonds. The number of hydrogen-bond donors (Lipinski definition) is 1. The van der Waals surface area contributed by atoms with Gasteiger partial charge in [0.05, 0.1) is 15.5 Å². The van der Waals surface area contributed by atoms with Gasteiger partial charge in [-0.1, -0.05) is 51.1 Å². The van der Waals surface area contributed by atoms with Crippen LogP contribution in [0.2, 0.25) is 5.02 Å². The van der Waals surface area contributed by atoms with Crippen molar-refractivity contribution in [3.8, 4) is 0 Å². The third kappa shape index (κ3) is 5.21. The third-order valence-corrected chi connectivity index (χ3v) is 7.45. The predicted molar refractivity (Wildman–Crippen MR) is 105 cm³/mol. The first-order chi connectivity index (χ1) is 12.4. The van der Waals surface area contributed by atoms with Crippen molar-refractivity contribution in [3.05, 3.63) is 28.8 Å². The smallest absolute Gasteiger partial charge is 0.252 e. The molecule has 0 aliphatic heterocycles. The van der Waals surface area contributed by atoms with Crippen LogP contribution < -0.4 is 5.32 Å². The fourth-order valence-corrected chi connectivity index (χ4v) is 5.23. The highest BCUT2D eigenvalue weighted by atomic mass is 35.5. The van der Waals surface area contributed by atoms with Crippen LogP contribution in [0.3, 0.4) is 0 Å². The highest BCUT2D eigenvalue weighted by Crippen LogP contribution is 2.28. The van der Waals surface area contributed by atoms with Gasteiger partial charge in [-0.05, 0) is 37.0 Å². The van der Waals surface area contributed by atoms with Gasteiger partial charge in [0.2, 0.25) is 10.0 Å². The zero-order chi connectivity index (χ0) is 19.2. The van der Waals surface area contributed by atoms with Crippen molar-refractivity contribution in [3.63, 3.8) is 0 Å². The van der Waals surface area contributed by atoms with Crippen LogP contribution in [0, 0.1) is 5.92 Å². The SMILES string of the molecule is CCN(CC)S(=O)(=O)c1ccc(Cl)c(C(=O)NCCCC2CCCC2)c1. The Morgan fingerprint density at radius 1 is 1.23 bits per heavy atom. The van der Waals surface area contributed by atoms with Crippen LogP contribution >= 0.6 is 11.6 Å². The lowest BCUT2D eigenvalue weighted by Gasteiger charge is -2.19. The number of halogens is 1. The first kappa shape index (κ1) is 21.2. The summed E-state index contributed by atoms with van der Waals surface area (Å²) in [4.78, 5) is 12.5. The Bertz CT molecular complexity index is 711. The number of carbonyl (C=O) groups is 1. The lowest BCUT2D eigenvalue weighted by Crippen LogP contribution is -2.31. The minimum Gasteiger partial charge on any atom is -0.352 e. The van der Waals surface area contributed by atoms with Gasteiger partial charge in [0.15, 0.2) is 0 Å².